The van der Waals surface area contributed by atoms with Crippen LogP contribution in [0.5, 0.6) is 0 Å². The third-order valence-corrected chi connectivity index (χ3v) is 1.87. The van der Waals surface area contributed by atoms with Crippen LogP contribution in [-0.4, -0.2) is 27.3 Å². The average molecular weight is 190 g/mol. The molecule has 0 saturated heterocycles. The Kier molecular flexibility index (Phi) is 1.78. The first kappa shape index (κ1) is 8.43. The zero-order valence-corrected chi connectivity index (χ0v) is 7.02. The Labute approximate surface area is 78.4 Å². The summed E-state index contributed by atoms with van der Waals surface area (Å²) in [5.74, 6) is -0.923. The zero-order chi connectivity index (χ0) is 10.1. The first-order valence-corrected chi connectivity index (χ1v) is 3.89. The van der Waals surface area contributed by atoms with Gasteiger partial charge < -0.3 is 10.1 Å². The minimum atomic E-state index is -1.06. The van der Waals surface area contributed by atoms with E-state index in [4.69, 9.17) is 5.11 Å². The number of carboxylic acid groups (broad SMARTS) is 1. The van der Waals surface area contributed by atoms with E-state index in [1.165, 1.54) is 6.07 Å². The largest absolute Gasteiger partial charge is 0.478 e. The lowest BCUT2D eigenvalue weighted by atomic mass is 10.2. The van der Waals surface area contributed by atoms with Gasteiger partial charge in [0.1, 0.15) is 5.52 Å². The van der Waals surface area contributed by atoms with E-state index < -0.39 is 5.97 Å². The Balaban J connectivity index is 2.79. The van der Waals surface area contributed by atoms with Crippen molar-refractivity contribution in [1.29, 1.82) is 0 Å². The number of carbonyl (C=O) groups is 2. The highest BCUT2D eigenvalue weighted by molar-refractivity contribution is 6.01. The van der Waals surface area contributed by atoms with E-state index in [0.717, 1.165) is 0 Å². The minimum Gasteiger partial charge on any atom is -0.478 e. The van der Waals surface area contributed by atoms with Crippen LogP contribution in [0.25, 0.3) is 11.0 Å². The summed E-state index contributed by atoms with van der Waals surface area (Å²) in [5, 5.41) is 8.82. The molecule has 0 radical (unpaired) electrons. The Morgan fingerprint density at radius 1 is 1.50 bits per heavy atom. The standard InChI is InChI=1S/C9H6N2O3/c12-4-7-10-6-3-1-2-5(9(13)14)8(6)11-7/h1-4H,(H,10,11)(H,13,14). The van der Waals surface area contributed by atoms with Crippen LogP contribution in [0.3, 0.4) is 0 Å². The second-order valence-electron chi connectivity index (χ2n) is 2.75. The van der Waals surface area contributed by atoms with E-state index in [1.807, 2.05) is 0 Å². The Morgan fingerprint density at radius 3 is 2.93 bits per heavy atom. The number of aromatic nitrogens is 2. The molecule has 0 aliphatic heterocycles. The zero-order valence-electron chi connectivity index (χ0n) is 7.02. The molecule has 2 N–H and O–H groups in total. The maximum atomic E-state index is 10.8. The van der Waals surface area contributed by atoms with Crippen molar-refractivity contribution in [3.63, 3.8) is 0 Å². The average Bonchev–Trinajstić information content (AvgIpc) is 2.59. The lowest BCUT2D eigenvalue weighted by molar-refractivity contribution is 0.0698. The summed E-state index contributed by atoms with van der Waals surface area (Å²) in [5.41, 5.74) is 0.945. The molecule has 0 fully saturated rings. The van der Waals surface area contributed by atoms with Crippen molar-refractivity contribution in [2.45, 2.75) is 0 Å². The van der Waals surface area contributed by atoms with Crippen LogP contribution >= 0.6 is 0 Å². The highest BCUT2D eigenvalue weighted by atomic mass is 16.4. The van der Waals surface area contributed by atoms with Crippen molar-refractivity contribution < 1.29 is 14.7 Å². The van der Waals surface area contributed by atoms with Gasteiger partial charge in [0.15, 0.2) is 12.1 Å². The van der Waals surface area contributed by atoms with Gasteiger partial charge in [0.25, 0.3) is 0 Å². The number of benzene rings is 1. The molecule has 0 unspecified atom stereocenters. The molecule has 0 amide bonds. The predicted molar refractivity (Wildman–Crippen MR) is 48.4 cm³/mol. The van der Waals surface area contributed by atoms with Crippen LogP contribution in [0, 0.1) is 0 Å². The topological polar surface area (TPSA) is 83.1 Å². The molecule has 5 heteroatoms. The summed E-state index contributed by atoms with van der Waals surface area (Å²) in [6, 6.07) is 4.71. The van der Waals surface area contributed by atoms with Gasteiger partial charge in [-0.1, -0.05) is 6.07 Å². The number of rotatable bonds is 2. The van der Waals surface area contributed by atoms with Crippen LogP contribution in [0.15, 0.2) is 18.2 Å². The number of hydrogen-bond donors (Lipinski definition) is 2. The van der Waals surface area contributed by atoms with Crippen molar-refractivity contribution in [2.24, 2.45) is 0 Å². The quantitative estimate of drug-likeness (QED) is 0.694. The molecular weight excluding hydrogens is 184 g/mol. The lowest BCUT2D eigenvalue weighted by Crippen LogP contribution is -1.96. The van der Waals surface area contributed by atoms with Crippen LogP contribution in [-0.2, 0) is 0 Å². The smallest absolute Gasteiger partial charge is 0.337 e. The summed E-state index contributed by atoms with van der Waals surface area (Å²) < 4.78 is 0. The van der Waals surface area contributed by atoms with Gasteiger partial charge in [0.05, 0.1) is 11.1 Å². The molecular formula is C9H6N2O3. The summed E-state index contributed by atoms with van der Waals surface area (Å²) >= 11 is 0. The van der Waals surface area contributed by atoms with Gasteiger partial charge >= 0.3 is 5.97 Å². The normalized spacial score (nSPS) is 10.3. The highest BCUT2D eigenvalue weighted by Crippen LogP contribution is 2.15. The van der Waals surface area contributed by atoms with Gasteiger partial charge in [-0.3, -0.25) is 4.79 Å². The van der Waals surface area contributed by atoms with Crippen LogP contribution in [0.4, 0.5) is 0 Å². The molecule has 1 heterocycles. The summed E-state index contributed by atoms with van der Waals surface area (Å²) in [6.45, 7) is 0. The summed E-state index contributed by atoms with van der Waals surface area (Å²) in [7, 11) is 0. The van der Waals surface area contributed by atoms with Crippen molar-refractivity contribution in [1.82, 2.24) is 9.97 Å². The Hall–Kier alpha value is -2.17. The SMILES string of the molecule is O=Cc1nc2c(C(=O)O)cccc2[nH]1. The fourth-order valence-corrected chi connectivity index (χ4v) is 1.28. The molecule has 0 aliphatic carbocycles. The van der Waals surface area contributed by atoms with Crippen molar-refractivity contribution >= 4 is 23.3 Å². The molecule has 0 aliphatic rings. The fraction of sp³-hybridized carbons (Fsp3) is 0. The van der Waals surface area contributed by atoms with Gasteiger partial charge in [0, 0.05) is 0 Å². The van der Waals surface area contributed by atoms with Crippen LogP contribution in [0.2, 0.25) is 0 Å². The third-order valence-electron chi connectivity index (χ3n) is 1.87. The number of nitrogens with one attached hydrogen (secondary N) is 1. The number of para-hydroxylation sites is 1. The number of aldehydes is 1. The van der Waals surface area contributed by atoms with E-state index >= 15 is 0 Å². The van der Waals surface area contributed by atoms with Gasteiger partial charge in [-0.2, -0.15) is 0 Å². The summed E-state index contributed by atoms with van der Waals surface area (Å²) in [4.78, 5) is 27.7. The predicted octanol–water partition coefficient (Wildman–Crippen LogP) is 1.07. The number of aromatic carboxylic acids is 1. The van der Waals surface area contributed by atoms with Gasteiger partial charge in [0.2, 0.25) is 0 Å². The minimum absolute atomic E-state index is 0.0897. The molecule has 0 saturated carbocycles. The van der Waals surface area contributed by atoms with E-state index in [1.54, 1.807) is 12.1 Å². The number of carbonyl (C=O) groups excluding carboxylic acids is 1. The number of fused-ring (bicyclic) bond motifs is 1. The molecule has 70 valence electrons. The van der Waals surface area contributed by atoms with Gasteiger partial charge in [-0.05, 0) is 12.1 Å². The first-order valence-electron chi connectivity index (χ1n) is 3.89. The molecule has 0 bridgehead atoms. The molecule has 2 rings (SSSR count). The molecule has 5 nitrogen and oxygen atoms in total. The number of nitrogens with zero attached hydrogens (tertiary/aromatic N) is 1. The van der Waals surface area contributed by atoms with E-state index in [9.17, 15) is 9.59 Å². The molecule has 2 aromatic rings. The van der Waals surface area contributed by atoms with Gasteiger partial charge in [-0.15, -0.1) is 0 Å². The number of aromatic amines is 1. The third kappa shape index (κ3) is 1.15. The summed E-state index contributed by atoms with van der Waals surface area (Å²) in [6.07, 6.45) is 0.547. The first-order chi connectivity index (χ1) is 6.72. The molecule has 1 aromatic heterocycles. The van der Waals surface area contributed by atoms with Crippen LogP contribution in [0.1, 0.15) is 21.0 Å². The second kappa shape index (κ2) is 2.95. The second-order valence-corrected chi connectivity index (χ2v) is 2.75. The van der Waals surface area contributed by atoms with Crippen molar-refractivity contribution in [3.05, 3.63) is 29.6 Å². The molecule has 0 spiro atoms. The number of H-pyrrole nitrogens is 1. The maximum Gasteiger partial charge on any atom is 0.337 e. The van der Waals surface area contributed by atoms with Crippen molar-refractivity contribution in [3.8, 4) is 0 Å². The molecule has 14 heavy (non-hydrogen) atoms. The van der Waals surface area contributed by atoms with E-state index in [2.05, 4.69) is 9.97 Å². The highest BCUT2D eigenvalue weighted by Gasteiger charge is 2.11. The number of carboxylic acids is 1. The van der Waals surface area contributed by atoms with E-state index in [0.29, 0.717) is 17.3 Å². The molecule has 1 aromatic carbocycles. The van der Waals surface area contributed by atoms with Crippen molar-refractivity contribution in [2.75, 3.05) is 0 Å². The lowest BCUT2D eigenvalue weighted by Gasteiger charge is -1.93. The van der Waals surface area contributed by atoms with Gasteiger partial charge in [-0.25, -0.2) is 9.78 Å². The Bertz CT molecular complexity index is 516. The van der Waals surface area contributed by atoms with E-state index in [-0.39, 0.29) is 11.4 Å². The van der Waals surface area contributed by atoms with Crippen LogP contribution < -0.4 is 0 Å². The number of imidazole rings is 1. The number of hydrogen-bond acceptors (Lipinski definition) is 3. The molecule has 0 atom stereocenters. The monoisotopic (exact) mass is 190 g/mol. The fourth-order valence-electron chi connectivity index (χ4n) is 1.28. The Morgan fingerprint density at radius 2 is 2.29 bits per heavy atom. The maximum absolute atomic E-state index is 10.8.